The molecule has 2 aliphatic rings. The number of nitrogens with one attached hydrogen (secondary N) is 1. The molecule has 1 aromatic rings. The van der Waals surface area contributed by atoms with E-state index in [0.29, 0.717) is 19.1 Å². The molecular formula is C18H26ClN3O3. The van der Waals surface area contributed by atoms with Crippen LogP contribution in [0.2, 0.25) is 0 Å². The van der Waals surface area contributed by atoms with Gasteiger partial charge in [-0.05, 0) is 25.5 Å². The van der Waals surface area contributed by atoms with Crippen molar-refractivity contribution < 1.29 is 14.3 Å². The summed E-state index contributed by atoms with van der Waals surface area (Å²) >= 11 is 0. The van der Waals surface area contributed by atoms with E-state index in [9.17, 15) is 9.59 Å². The van der Waals surface area contributed by atoms with E-state index in [0.717, 1.165) is 24.9 Å². The van der Waals surface area contributed by atoms with E-state index in [1.54, 1.807) is 4.90 Å². The zero-order valence-electron chi connectivity index (χ0n) is 14.5. The van der Waals surface area contributed by atoms with Gasteiger partial charge in [0.2, 0.25) is 11.8 Å². The number of nitrogens with zero attached hydrogens (tertiary/aromatic N) is 2. The van der Waals surface area contributed by atoms with Gasteiger partial charge in [-0.25, -0.2) is 0 Å². The Kier molecular flexibility index (Phi) is 7.23. The highest BCUT2D eigenvalue weighted by molar-refractivity contribution is 5.89. The third-order valence-electron chi connectivity index (χ3n) is 4.82. The Hall–Kier alpha value is -1.63. The second kappa shape index (κ2) is 9.17. The van der Waals surface area contributed by atoms with Crippen molar-refractivity contribution >= 4 is 24.2 Å². The number of rotatable bonds is 4. The van der Waals surface area contributed by atoms with Crippen LogP contribution in [-0.4, -0.2) is 67.0 Å². The van der Waals surface area contributed by atoms with Crippen LogP contribution in [0.3, 0.4) is 0 Å². The van der Waals surface area contributed by atoms with Crippen molar-refractivity contribution in [3.05, 3.63) is 35.9 Å². The Labute approximate surface area is 154 Å². The van der Waals surface area contributed by atoms with Crippen molar-refractivity contribution in [3.8, 4) is 0 Å². The van der Waals surface area contributed by atoms with Crippen LogP contribution < -0.4 is 5.32 Å². The SMILES string of the molecule is CNC1CCCN(C(=O)[C@H]2COCC(=O)N2Cc2ccccc2)C1.Cl. The summed E-state index contributed by atoms with van der Waals surface area (Å²) in [6.45, 7) is 2.22. The van der Waals surface area contributed by atoms with Crippen LogP contribution in [0.15, 0.2) is 30.3 Å². The van der Waals surface area contributed by atoms with E-state index in [4.69, 9.17) is 4.74 Å². The molecule has 2 atom stereocenters. The first-order valence-corrected chi connectivity index (χ1v) is 8.56. The predicted octanol–water partition coefficient (Wildman–Crippen LogP) is 1.05. The maximum Gasteiger partial charge on any atom is 0.249 e. The van der Waals surface area contributed by atoms with Crippen LogP contribution in [0.25, 0.3) is 0 Å². The molecule has 0 aromatic heterocycles. The topological polar surface area (TPSA) is 61.9 Å². The summed E-state index contributed by atoms with van der Waals surface area (Å²) in [7, 11) is 1.92. The maximum absolute atomic E-state index is 13.0. The van der Waals surface area contributed by atoms with Gasteiger partial charge in [0.15, 0.2) is 0 Å². The summed E-state index contributed by atoms with van der Waals surface area (Å²) in [6.07, 6.45) is 2.06. The summed E-state index contributed by atoms with van der Waals surface area (Å²) in [4.78, 5) is 28.9. The third-order valence-corrected chi connectivity index (χ3v) is 4.82. The number of ether oxygens (including phenoxy) is 1. The van der Waals surface area contributed by atoms with Crippen molar-refractivity contribution in [1.29, 1.82) is 0 Å². The first kappa shape index (κ1) is 19.7. The summed E-state index contributed by atoms with van der Waals surface area (Å²) in [5.74, 6) is -0.121. The normalized spacial score (nSPS) is 24.0. The highest BCUT2D eigenvalue weighted by Crippen LogP contribution is 2.18. The Balaban J connectivity index is 0.00000225. The zero-order chi connectivity index (χ0) is 16.9. The second-order valence-electron chi connectivity index (χ2n) is 6.45. The van der Waals surface area contributed by atoms with Crippen molar-refractivity contribution in [1.82, 2.24) is 15.1 Å². The lowest BCUT2D eigenvalue weighted by atomic mass is 10.0. The molecule has 2 amide bonds. The number of amides is 2. The average Bonchev–Trinajstić information content (AvgIpc) is 2.64. The molecular weight excluding hydrogens is 342 g/mol. The van der Waals surface area contributed by atoms with Gasteiger partial charge in [0, 0.05) is 25.7 Å². The van der Waals surface area contributed by atoms with Crippen LogP contribution in [0.1, 0.15) is 18.4 Å². The molecule has 0 aliphatic carbocycles. The van der Waals surface area contributed by atoms with Gasteiger partial charge in [-0.15, -0.1) is 12.4 Å². The van der Waals surface area contributed by atoms with Crippen molar-refractivity contribution in [2.75, 3.05) is 33.4 Å². The van der Waals surface area contributed by atoms with E-state index in [1.165, 1.54) is 0 Å². The maximum atomic E-state index is 13.0. The van der Waals surface area contributed by atoms with Gasteiger partial charge in [-0.1, -0.05) is 30.3 Å². The van der Waals surface area contributed by atoms with Gasteiger partial charge in [0.25, 0.3) is 0 Å². The van der Waals surface area contributed by atoms with Crippen LogP contribution >= 0.6 is 12.4 Å². The van der Waals surface area contributed by atoms with E-state index in [1.807, 2.05) is 42.3 Å². The Bertz CT molecular complexity index is 584. The van der Waals surface area contributed by atoms with Crippen molar-refractivity contribution in [3.63, 3.8) is 0 Å². The molecule has 2 aliphatic heterocycles. The standard InChI is InChI=1S/C18H25N3O3.ClH/c1-19-15-8-5-9-20(11-15)18(23)16-12-24-13-17(22)21(16)10-14-6-3-2-4-7-14;/h2-4,6-7,15-16,19H,5,8-13H2,1H3;1H/t15?,16-;/m1./s1. The number of hydrogen-bond donors (Lipinski definition) is 1. The van der Waals surface area contributed by atoms with Crippen LogP contribution in [0.4, 0.5) is 0 Å². The van der Waals surface area contributed by atoms with Crippen molar-refractivity contribution in [2.24, 2.45) is 0 Å². The number of morpholine rings is 1. The minimum absolute atomic E-state index is 0. The van der Waals surface area contributed by atoms with Crippen LogP contribution in [0.5, 0.6) is 0 Å². The molecule has 138 valence electrons. The van der Waals surface area contributed by atoms with Gasteiger partial charge in [0.05, 0.1) is 6.61 Å². The minimum Gasteiger partial charge on any atom is -0.369 e. The highest BCUT2D eigenvalue weighted by Gasteiger charge is 2.37. The molecule has 2 fully saturated rings. The Morgan fingerprint density at radius 2 is 2.08 bits per heavy atom. The molecule has 3 rings (SSSR count). The summed E-state index contributed by atoms with van der Waals surface area (Å²) in [6, 6.07) is 9.58. The lowest BCUT2D eigenvalue weighted by molar-refractivity contribution is -0.160. The van der Waals surface area contributed by atoms with Crippen molar-refractivity contribution in [2.45, 2.75) is 31.5 Å². The number of hydrogen-bond acceptors (Lipinski definition) is 4. The molecule has 0 saturated carbocycles. The molecule has 1 N–H and O–H groups in total. The van der Waals surface area contributed by atoms with Gasteiger partial charge in [0.1, 0.15) is 12.6 Å². The number of benzene rings is 1. The van der Waals surface area contributed by atoms with Gasteiger partial charge < -0.3 is 19.9 Å². The summed E-state index contributed by atoms with van der Waals surface area (Å²) < 4.78 is 5.37. The third kappa shape index (κ3) is 4.71. The minimum atomic E-state index is -0.526. The fourth-order valence-corrected chi connectivity index (χ4v) is 3.41. The lowest BCUT2D eigenvalue weighted by Gasteiger charge is -2.40. The molecule has 6 nitrogen and oxygen atoms in total. The molecule has 2 saturated heterocycles. The Morgan fingerprint density at radius 3 is 2.80 bits per heavy atom. The van der Waals surface area contributed by atoms with E-state index in [2.05, 4.69) is 5.32 Å². The van der Waals surface area contributed by atoms with E-state index < -0.39 is 6.04 Å². The average molecular weight is 368 g/mol. The summed E-state index contributed by atoms with van der Waals surface area (Å²) in [5.41, 5.74) is 1.03. The predicted molar refractivity (Wildman–Crippen MR) is 97.5 cm³/mol. The molecule has 0 radical (unpaired) electrons. The number of carbonyl (C=O) groups excluding carboxylic acids is 2. The highest BCUT2D eigenvalue weighted by atomic mass is 35.5. The van der Waals surface area contributed by atoms with Gasteiger partial charge in [-0.3, -0.25) is 9.59 Å². The Morgan fingerprint density at radius 1 is 1.32 bits per heavy atom. The monoisotopic (exact) mass is 367 g/mol. The van der Waals surface area contributed by atoms with E-state index in [-0.39, 0.29) is 37.4 Å². The fraction of sp³-hybridized carbons (Fsp3) is 0.556. The van der Waals surface area contributed by atoms with Gasteiger partial charge in [-0.2, -0.15) is 0 Å². The summed E-state index contributed by atoms with van der Waals surface area (Å²) in [5, 5.41) is 3.25. The molecule has 7 heteroatoms. The smallest absolute Gasteiger partial charge is 0.249 e. The largest absolute Gasteiger partial charge is 0.369 e. The number of likely N-dealkylation sites (tertiary alicyclic amines) is 1. The first-order chi connectivity index (χ1) is 11.7. The van der Waals surface area contributed by atoms with E-state index >= 15 is 0 Å². The zero-order valence-corrected chi connectivity index (χ0v) is 15.3. The molecule has 1 aromatic carbocycles. The first-order valence-electron chi connectivity index (χ1n) is 8.56. The molecule has 1 unspecified atom stereocenters. The van der Waals surface area contributed by atoms with Crippen LogP contribution in [-0.2, 0) is 20.9 Å². The number of carbonyl (C=O) groups is 2. The number of piperidine rings is 1. The lowest BCUT2D eigenvalue weighted by Crippen LogP contribution is -2.59. The molecule has 0 spiro atoms. The number of halogens is 1. The second-order valence-corrected chi connectivity index (χ2v) is 6.45. The van der Waals surface area contributed by atoms with Crippen LogP contribution in [0, 0.1) is 0 Å². The quantitative estimate of drug-likeness (QED) is 0.864. The molecule has 2 heterocycles. The molecule has 25 heavy (non-hydrogen) atoms. The van der Waals surface area contributed by atoms with Gasteiger partial charge >= 0.3 is 0 Å². The fourth-order valence-electron chi connectivity index (χ4n) is 3.41. The number of likely N-dealkylation sites (N-methyl/N-ethyl adjacent to an activating group) is 1. The molecule has 0 bridgehead atoms.